The summed E-state index contributed by atoms with van der Waals surface area (Å²) in [6.07, 6.45) is 3.07. The SMILES string of the molecule is CN(C)S(=O)(=O)N1CCN(Cc2ccc(F)c(NC(=O)Nc3cccnc3)c2)CC1. The lowest BCUT2D eigenvalue weighted by Crippen LogP contribution is -2.51. The summed E-state index contributed by atoms with van der Waals surface area (Å²) in [5.41, 5.74) is 1.39. The van der Waals surface area contributed by atoms with Crippen molar-refractivity contribution >= 4 is 27.6 Å². The number of carbonyl (C=O) groups excluding carboxylic acids is 1. The number of urea groups is 1. The number of aromatic nitrogens is 1. The number of piperazine rings is 1. The summed E-state index contributed by atoms with van der Waals surface area (Å²) in [7, 11) is -0.390. The van der Waals surface area contributed by atoms with Gasteiger partial charge in [-0.1, -0.05) is 6.07 Å². The van der Waals surface area contributed by atoms with Crippen molar-refractivity contribution in [2.75, 3.05) is 50.9 Å². The second kappa shape index (κ2) is 9.47. The van der Waals surface area contributed by atoms with Gasteiger partial charge in [0.05, 0.1) is 17.6 Å². The fourth-order valence-electron chi connectivity index (χ4n) is 3.10. The molecule has 1 aromatic carbocycles. The summed E-state index contributed by atoms with van der Waals surface area (Å²) in [5.74, 6) is -0.540. The van der Waals surface area contributed by atoms with Crippen LogP contribution in [0.3, 0.4) is 0 Å². The number of hydrogen-bond donors (Lipinski definition) is 2. The van der Waals surface area contributed by atoms with Gasteiger partial charge >= 0.3 is 6.03 Å². The molecular weight excluding hydrogens is 411 g/mol. The number of benzene rings is 1. The first-order valence-electron chi connectivity index (χ1n) is 9.42. The highest BCUT2D eigenvalue weighted by atomic mass is 32.2. The number of hydrogen-bond acceptors (Lipinski definition) is 5. The van der Waals surface area contributed by atoms with Gasteiger partial charge in [0.1, 0.15) is 5.82 Å². The third-order valence-corrected chi connectivity index (χ3v) is 6.66. The predicted molar refractivity (Wildman–Crippen MR) is 113 cm³/mol. The Bertz CT molecular complexity index is 979. The third-order valence-electron chi connectivity index (χ3n) is 4.72. The molecule has 2 amide bonds. The maximum atomic E-state index is 14.2. The summed E-state index contributed by atoms with van der Waals surface area (Å²) in [5, 5.41) is 5.10. The molecule has 1 aliphatic rings. The lowest BCUT2D eigenvalue weighted by Gasteiger charge is -2.35. The van der Waals surface area contributed by atoms with Crippen molar-refractivity contribution in [1.82, 2.24) is 18.5 Å². The van der Waals surface area contributed by atoms with Crippen LogP contribution in [0.4, 0.5) is 20.6 Å². The molecule has 1 aliphatic heterocycles. The smallest absolute Gasteiger partial charge is 0.306 e. The van der Waals surface area contributed by atoms with Gasteiger partial charge in [-0.3, -0.25) is 9.88 Å². The fourth-order valence-corrected chi connectivity index (χ4v) is 4.18. The number of nitrogens with one attached hydrogen (secondary N) is 2. The molecule has 0 spiro atoms. The average molecular weight is 437 g/mol. The number of anilines is 2. The number of rotatable bonds is 6. The van der Waals surface area contributed by atoms with Gasteiger partial charge in [0.25, 0.3) is 10.2 Å². The van der Waals surface area contributed by atoms with Crippen LogP contribution in [0.15, 0.2) is 42.7 Å². The summed E-state index contributed by atoms with van der Waals surface area (Å²) < 4.78 is 41.2. The van der Waals surface area contributed by atoms with Gasteiger partial charge in [-0.05, 0) is 29.8 Å². The second-order valence-electron chi connectivity index (χ2n) is 7.10. The predicted octanol–water partition coefficient (Wildman–Crippen LogP) is 1.79. The minimum Gasteiger partial charge on any atom is -0.306 e. The molecule has 3 rings (SSSR count). The van der Waals surface area contributed by atoms with E-state index in [4.69, 9.17) is 0 Å². The molecule has 162 valence electrons. The van der Waals surface area contributed by atoms with Crippen molar-refractivity contribution in [2.24, 2.45) is 0 Å². The van der Waals surface area contributed by atoms with E-state index in [0.717, 1.165) is 5.56 Å². The number of halogens is 1. The van der Waals surface area contributed by atoms with Crippen LogP contribution in [-0.4, -0.2) is 73.2 Å². The van der Waals surface area contributed by atoms with E-state index in [9.17, 15) is 17.6 Å². The van der Waals surface area contributed by atoms with Crippen LogP contribution in [-0.2, 0) is 16.8 Å². The molecule has 2 aromatic rings. The summed E-state index contributed by atoms with van der Waals surface area (Å²) >= 11 is 0. The normalized spacial score (nSPS) is 15.9. The van der Waals surface area contributed by atoms with E-state index in [2.05, 4.69) is 20.5 Å². The number of carbonyl (C=O) groups is 1. The van der Waals surface area contributed by atoms with Gasteiger partial charge in [0, 0.05) is 53.0 Å². The van der Waals surface area contributed by atoms with E-state index in [-0.39, 0.29) is 5.69 Å². The molecule has 1 saturated heterocycles. The van der Waals surface area contributed by atoms with Gasteiger partial charge in [0.2, 0.25) is 0 Å². The van der Waals surface area contributed by atoms with Crippen molar-refractivity contribution in [1.29, 1.82) is 0 Å². The van der Waals surface area contributed by atoms with E-state index in [1.54, 1.807) is 30.5 Å². The van der Waals surface area contributed by atoms with Crippen LogP contribution in [0, 0.1) is 5.82 Å². The molecule has 2 heterocycles. The molecule has 0 atom stereocenters. The van der Waals surface area contributed by atoms with Gasteiger partial charge in [-0.15, -0.1) is 0 Å². The Morgan fingerprint density at radius 2 is 1.90 bits per heavy atom. The van der Waals surface area contributed by atoms with E-state index >= 15 is 0 Å². The van der Waals surface area contributed by atoms with Crippen molar-refractivity contribution in [3.8, 4) is 0 Å². The first-order valence-corrected chi connectivity index (χ1v) is 10.8. The molecule has 30 heavy (non-hydrogen) atoms. The topological polar surface area (TPSA) is 97.9 Å². The summed E-state index contributed by atoms with van der Waals surface area (Å²) in [4.78, 5) is 18.1. The Kier molecular flexibility index (Phi) is 6.98. The first kappa shape index (κ1) is 22.1. The molecule has 9 nitrogen and oxygen atoms in total. The second-order valence-corrected chi connectivity index (χ2v) is 9.24. The molecule has 0 bridgehead atoms. The van der Waals surface area contributed by atoms with E-state index < -0.39 is 22.1 Å². The third kappa shape index (κ3) is 5.51. The quantitative estimate of drug-likeness (QED) is 0.720. The van der Waals surface area contributed by atoms with Crippen molar-refractivity contribution < 1.29 is 17.6 Å². The molecule has 11 heteroatoms. The lowest BCUT2D eigenvalue weighted by molar-refractivity contribution is 0.177. The van der Waals surface area contributed by atoms with Gasteiger partial charge in [-0.25, -0.2) is 9.18 Å². The summed E-state index contributed by atoms with van der Waals surface area (Å²) in [6.45, 7) is 2.43. The number of amides is 2. The Morgan fingerprint density at radius 1 is 1.17 bits per heavy atom. The molecule has 0 unspecified atom stereocenters. The lowest BCUT2D eigenvalue weighted by atomic mass is 10.1. The zero-order chi connectivity index (χ0) is 21.7. The van der Waals surface area contributed by atoms with Gasteiger partial charge < -0.3 is 10.6 Å². The number of nitrogens with zero attached hydrogens (tertiary/aromatic N) is 4. The van der Waals surface area contributed by atoms with E-state index in [0.29, 0.717) is 38.4 Å². The molecule has 1 fully saturated rings. The Balaban J connectivity index is 1.58. The van der Waals surface area contributed by atoms with Crippen LogP contribution in [0.2, 0.25) is 0 Å². The Labute approximate surface area is 175 Å². The molecule has 0 aliphatic carbocycles. The van der Waals surface area contributed by atoms with Crippen LogP contribution in [0.1, 0.15) is 5.56 Å². The fraction of sp³-hybridized carbons (Fsp3) is 0.368. The molecule has 0 saturated carbocycles. The zero-order valence-corrected chi connectivity index (χ0v) is 17.7. The molecule has 0 radical (unpaired) electrons. The van der Waals surface area contributed by atoms with E-state index in [1.165, 1.54) is 35.0 Å². The first-order chi connectivity index (χ1) is 14.3. The Morgan fingerprint density at radius 3 is 2.53 bits per heavy atom. The van der Waals surface area contributed by atoms with Gasteiger partial charge in [-0.2, -0.15) is 17.0 Å². The number of pyridine rings is 1. The van der Waals surface area contributed by atoms with Crippen LogP contribution in [0.5, 0.6) is 0 Å². The van der Waals surface area contributed by atoms with Crippen LogP contribution in [0.25, 0.3) is 0 Å². The molecule has 1 aromatic heterocycles. The average Bonchev–Trinajstić information content (AvgIpc) is 2.71. The maximum Gasteiger partial charge on any atom is 0.323 e. The van der Waals surface area contributed by atoms with Crippen molar-refractivity contribution in [2.45, 2.75) is 6.54 Å². The summed E-state index contributed by atoms with van der Waals surface area (Å²) in [6, 6.07) is 7.34. The standard InChI is InChI=1S/C19H25FN6O3S/c1-24(2)30(28,29)26-10-8-25(9-11-26)14-15-5-6-17(20)18(12-15)23-19(27)22-16-4-3-7-21-13-16/h3-7,12-13H,8-11,14H2,1-2H3,(H2,22,23,27). The highest BCUT2D eigenvalue weighted by Gasteiger charge is 2.28. The van der Waals surface area contributed by atoms with Crippen LogP contribution >= 0.6 is 0 Å². The van der Waals surface area contributed by atoms with Gasteiger partial charge in [0.15, 0.2) is 0 Å². The minimum absolute atomic E-state index is 0.0720. The van der Waals surface area contributed by atoms with Crippen LogP contribution < -0.4 is 10.6 Å². The van der Waals surface area contributed by atoms with E-state index in [1.807, 2.05) is 0 Å². The highest BCUT2D eigenvalue weighted by molar-refractivity contribution is 7.86. The molecule has 2 N–H and O–H groups in total. The highest BCUT2D eigenvalue weighted by Crippen LogP contribution is 2.19. The molecular formula is C19H25FN6O3S. The van der Waals surface area contributed by atoms with Crippen molar-refractivity contribution in [3.63, 3.8) is 0 Å². The zero-order valence-electron chi connectivity index (χ0n) is 16.9. The minimum atomic E-state index is -3.42. The Hall–Kier alpha value is -2.60. The maximum absolute atomic E-state index is 14.2. The largest absolute Gasteiger partial charge is 0.323 e. The van der Waals surface area contributed by atoms with Crippen molar-refractivity contribution in [3.05, 3.63) is 54.1 Å². The monoisotopic (exact) mass is 436 g/mol.